The van der Waals surface area contributed by atoms with E-state index in [2.05, 4.69) is 32.0 Å². The molecule has 4 heteroatoms. The second kappa shape index (κ2) is 10.2. The topological polar surface area (TPSA) is 27.7 Å². The van der Waals surface area contributed by atoms with Crippen molar-refractivity contribution in [2.45, 2.75) is 58.4 Å². The molecule has 0 saturated carbocycles. The van der Waals surface area contributed by atoms with Crippen molar-refractivity contribution in [3.63, 3.8) is 0 Å². The van der Waals surface area contributed by atoms with Gasteiger partial charge in [-0.05, 0) is 38.7 Å². The predicted octanol–water partition coefficient (Wildman–Crippen LogP) is 4.67. The van der Waals surface area contributed by atoms with E-state index in [4.69, 9.17) is 13.3 Å². The van der Waals surface area contributed by atoms with E-state index < -0.39 is 8.80 Å². The van der Waals surface area contributed by atoms with Crippen LogP contribution in [-0.4, -0.2) is 30.1 Å². The number of benzene rings is 1. The lowest BCUT2D eigenvalue weighted by Gasteiger charge is -2.24. The van der Waals surface area contributed by atoms with Crippen LogP contribution < -0.4 is 0 Å². The van der Waals surface area contributed by atoms with Crippen LogP contribution in [0.1, 0.15) is 48.8 Å². The molecule has 1 aromatic rings. The molecule has 0 amide bonds. The van der Waals surface area contributed by atoms with Crippen molar-refractivity contribution in [3.05, 3.63) is 34.9 Å². The molecule has 0 aliphatic heterocycles. The molecule has 0 aliphatic carbocycles. The van der Waals surface area contributed by atoms with E-state index in [1.54, 1.807) is 21.3 Å². The molecule has 0 aromatic heterocycles. The van der Waals surface area contributed by atoms with Gasteiger partial charge in [-0.3, -0.25) is 0 Å². The molecule has 1 rings (SSSR count). The lowest BCUT2D eigenvalue weighted by atomic mass is 10.0. The molecule has 0 unspecified atom stereocenters. The summed E-state index contributed by atoms with van der Waals surface area (Å²) >= 11 is 0. The lowest BCUT2D eigenvalue weighted by molar-refractivity contribution is 0.122. The molecule has 0 radical (unpaired) electrons. The summed E-state index contributed by atoms with van der Waals surface area (Å²) in [4.78, 5) is 0. The van der Waals surface area contributed by atoms with Gasteiger partial charge in [-0.25, -0.2) is 0 Å². The second-order valence-electron chi connectivity index (χ2n) is 6.06. The summed E-state index contributed by atoms with van der Waals surface area (Å²) in [5.41, 5.74) is 4.21. The van der Waals surface area contributed by atoms with Crippen LogP contribution in [-0.2, 0) is 19.7 Å². The maximum Gasteiger partial charge on any atom is 0.500 e. The number of hydrogen-bond donors (Lipinski definition) is 0. The molecule has 22 heavy (non-hydrogen) atoms. The second-order valence-corrected chi connectivity index (χ2v) is 9.15. The van der Waals surface area contributed by atoms with E-state index in [9.17, 15) is 0 Å². The van der Waals surface area contributed by atoms with Gasteiger partial charge in [-0.2, -0.15) is 0 Å². The van der Waals surface area contributed by atoms with Gasteiger partial charge < -0.3 is 13.3 Å². The van der Waals surface area contributed by atoms with Gasteiger partial charge in [0.25, 0.3) is 0 Å². The fourth-order valence-corrected chi connectivity index (χ4v) is 4.77. The number of hydrogen-bond acceptors (Lipinski definition) is 3. The monoisotopic (exact) mass is 324 g/mol. The average molecular weight is 325 g/mol. The Bertz CT molecular complexity index is 402. The molecule has 0 fully saturated rings. The van der Waals surface area contributed by atoms with Crippen LogP contribution >= 0.6 is 0 Å². The first kappa shape index (κ1) is 19.4. The molecular formula is C18H32O3Si. The van der Waals surface area contributed by atoms with Crippen LogP contribution in [0.15, 0.2) is 18.2 Å². The van der Waals surface area contributed by atoms with Crippen molar-refractivity contribution in [3.8, 4) is 0 Å². The minimum absolute atomic E-state index is 0.910. The predicted molar refractivity (Wildman–Crippen MR) is 94.3 cm³/mol. The van der Waals surface area contributed by atoms with Crippen molar-refractivity contribution in [2.24, 2.45) is 0 Å². The summed E-state index contributed by atoms with van der Waals surface area (Å²) in [6.07, 6.45) is 7.35. The van der Waals surface area contributed by atoms with Crippen molar-refractivity contribution < 1.29 is 13.3 Å². The summed E-state index contributed by atoms with van der Waals surface area (Å²) < 4.78 is 16.3. The fourth-order valence-electron chi connectivity index (χ4n) is 2.97. The third-order valence-corrected chi connectivity index (χ3v) is 6.99. The normalized spacial score (nSPS) is 11.9. The van der Waals surface area contributed by atoms with E-state index in [-0.39, 0.29) is 0 Å². The highest BCUT2D eigenvalue weighted by Crippen LogP contribution is 2.18. The first-order valence-electron chi connectivity index (χ1n) is 8.28. The van der Waals surface area contributed by atoms with E-state index >= 15 is 0 Å². The highest BCUT2D eigenvalue weighted by Gasteiger charge is 2.36. The Balaban J connectivity index is 2.15. The largest absolute Gasteiger partial charge is 0.500 e. The Morgan fingerprint density at radius 2 is 1.23 bits per heavy atom. The van der Waals surface area contributed by atoms with E-state index in [0.29, 0.717) is 0 Å². The summed E-state index contributed by atoms with van der Waals surface area (Å²) in [5.74, 6) is 0. The van der Waals surface area contributed by atoms with Gasteiger partial charge in [-0.1, -0.05) is 48.6 Å². The summed E-state index contributed by atoms with van der Waals surface area (Å²) in [7, 11) is 2.70. The zero-order chi connectivity index (χ0) is 16.4. The zero-order valence-corrected chi connectivity index (χ0v) is 15.9. The standard InChI is InChI=1S/C18H32O3Si/c1-16-13-17(2)15-18(14-16)11-9-7-6-8-10-12-22(19-3,20-4)21-5/h13-15H,6-12H2,1-5H3. The van der Waals surface area contributed by atoms with Crippen LogP contribution in [0.5, 0.6) is 0 Å². The summed E-state index contributed by atoms with van der Waals surface area (Å²) in [5, 5.41) is 0. The average Bonchev–Trinajstić information content (AvgIpc) is 2.50. The minimum Gasteiger partial charge on any atom is -0.377 e. The number of rotatable bonds is 11. The summed E-state index contributed by atoms with van der Waals surface area (Å²) in [6.45, 7) is 4.35. The summed E-state index contributed by atoms with van der Waals surface area (Å²) in [6, 6.07) is 7.76. The molecule has 3 nitrogen and oxygen atoms in total. The van der Waals surface area contributed by atoms with E-state index in [1.807, 2.05) is 0 Å². The molecular weight excluding hydrogens is 292 g/mol. The van der Waals surface area contributed by atoms with Crippen molar-refractivity contribution in [2.75, 3.05) is 21.3 Å². The minimum atomic E-state index is -2.35. The Morgan fingerprint density at radius 3 is 1.77 bits per heavy atom. The first-order valence-corrected chi connectivity index (χ1v) is 10.2. The van der Waals surface area contributed by atoms with Crippen LogP contribution in [0, 0.1) is 13.8 Å². The highest BCUT2D eigenvalue weighted by atomic mass is 28.4. The number of unbranched alkanes of at least 4 members (excludes halogenated alkanes) is 4. The van der Waals surface area contributed by atoms with Gasteiger partial charge in [0.05, 0.1) is 0 Å². The SMILES string of the molecule is CO[Si](CCCCCCCc1cc(C)cc(C)c1)(OC)OC. The van der Waals surface area contributed by atoms with Gasteiger partial charge in [0, 0.05) is 27.4 Å². The molecule has 1 aromatic carbocycles. The smallest absolute Gasteiger partial charge is 0.377 e. The maximum absolute atomic E-state index is 5.44. The Morgan fingerprint density at radius 1 is 0.727 bits per heavy atom. The first-order chi connectivity index (χ1) is 10.5. The third-order valence-electron chi connectivity index (χ3n) is 4.16. The lowest BCUT2D eigenvalue weighted by Crippen LogP contribution is -2.42. The molecule has 0 spiro atoms. The quantitative estimate of drug-likeness (QED) is 0.437. The molecule has 0 bridgehead atoms. The zero-order valence-electron chi connectivity index (χ0n) is 14.9. The Kier molecular flexibility index (Phi) is 8.94. The van der Waals surface area contributed by atoms with E-state index in [1.165, 1.54) is 48.8 Å². The van der Waals surface area contributed by atoms with Crippen molar-refractivity contribution >= 4 is 8.80 Å². The molecule has 126 valence electrons. The fraction of sp³-hybridized carbons (Fsp3) is 0.667. The maximum atomic E-state index is 5.44. The van der Waals surface area contributed by atoms with Crippen LogP contribution in [0.4, 0.5) is 0 Å². The van der Waals surface area contributed by atoms with E-state index in [0.717, 1.165) is 12.5 Å². The Labute approximate surface area is 137 Å². The van der Waals surface area contributed by atoms with Gasteiger partial charge in [-0.15, -0.1) is 0 Å². The molecule has 0 atom stereocenters. The van der Waals surface area contributed by atoms with Crippen LogP contribution in [0.25, 0.3) is 0 Å². The van der Waals surface area contributed by atoms with Crippen molar-refractivity contribution in [1.29, 1.82) is 0 Å². The van der Waals surface area contributed by atoms with Gasteiger partial charge in [0.15, 0.2) is 0 Å². The molecule has 0 heterocycles. The van der Waals surface area contributed by atoms with Crippen LogP contribution in [0.2, 0.25) is 6.04 Å². The van der Waals surface area contributed by atoms with Crippen LogP contribution in [0.3, 0.4) is 0 Å². The van der Waals surface area contributed by atoms with Gasteiger partial charge in [0.2, 0.25) is 0 Å². The third kappa shape index (κ3) is 6.61. The van der Waals surface area contributed by atoms with Gasteiger partial charge in [0.1, 0.15) is 0 Å². The molecule has 0 saturated heterocycles. The number of aryl methyl sites for hydroxylation is 3. The van der Waals surface area contributed by atoms with Crippen molar-refractivity contribution in [1.82, 2.24) is 0 Å². The highest BCUT2D eigenvalue weighted by molar-refractivity contribution is 6.60. The molecule has 0 aliphatic rings. The Hall–Kier alpha value is -0.683. The van der Waals surface area contributed by atoms with Gasteiger partial charge >= 0.3 is 8.80 Å². The molecule has 0 N–H and O–H groups in total.